The second-order valence-corrected chi connectivity index (χ2v) is 4.22. The molecule has 0 saturated heterocycles. The van der Waals surface area contributed by atoms with Gasteiger partial charge in [0.05, 0.1) is 6.26 Å². The highest BCUT2D eigenvalue weighted by atomic mass is 32.1. The Balaban J connectivity index is 1.87. The zero-order valence-corrected chi connectivity index (χ0v) is 8.67. The second-order valence-electron chi connectivity index (χ2n) is 3.24. The molecule has 2 aromatic heterocycles. The summed E-state index contributed by atoms with van der Waals surface area (Å²) in [6.07, 6.45) is 3.55. The van der Waals surface area contributed by atoms with E-state index in [1.165, 1.54) is 4.88 Å². The summed E-state index contributed by atoms with van der Waals surface area (Å²) in [5, 5.41) is 2.06. The maximum Gasteiger partial charge on any atom is 0.103 e. The Hall–Kier alpha value is -1.06. The van der Waals surface area contributed by atoms with Crippen LogP contribution in [0.3, 0.4) is 0 Å². The van der Waals surface area contributed by atoms with Crippen LogP contribution < -0.4 is 5.73 Å². The van der Waals surface area contributed by atoms with Gasteiger partial charge in [-0.05, 0) is 30.0 Å². The molecule has 0 aromatic carbocycles. The normalized spacial score (nSPS) is 12.9. The van der Waals surface area contributed by atoms with Gasteiger partial charge >= 0.3 is 0 Å². The summed E-state index contributed by atoms with van der Waals surface area (Å²) in [6.45, 7) is 0. The molecular weight excluding hydrogens is 194 g/mol. The van der Waals surface area contributed by atoms with Gasteiger partial charge in [-0.3, -0.25) is 0 Å². The molecule has 0 amide bonds. The van der Waals surface area contributed by atoms with Crippen molar-refractivity contribution in [3.8, 4) is 0 Å². The van der Waals surface area contributed by atoms with Crippen molar-refractivity contribution in [2.75, 3.05) is 0 Å². The molecule has 2 aromatic rings. The van der Waals surface area contributed by atoms with E-state index in [0.717, 1.165) is 18.6 Å². The van der Waals surface area contributed by atoms with Crippen molar-refractivity contribution in [3.63, 3.8) is 0 Å². The number of hydrogen-bond donors (Lipinski definition) is 1. The minimum absolute atomic E-state index is 0.139. The molecule has 0 radical (unpaired) electrons. The molecule has 0 saturated carbocycles. The van der Waals surface area contributed by atoms with E-state index in [4.69, 9.17) is 10.2 Å². The third-order valence-corrected chi connectivity index (χ3v) is 3.19. The third-order valence-electron chi connectivity index (χ3n) is 2.19. The molecule has 0 fully saturated rings. The Bertz CT molecular complexity index is 353. The number of rotatable bonds is 4. The van der Waals surface area contributed by atoms with E-state index < -0.39 is 0 Å². The highest BCUT2D eigenvalue weighted by Crippen LogP contribution is 2.21. The zero-order chi connectivity index (χ0) is 9.80. The van der Waals surface area contributed by atoms with Crippen LogP contribution in [0.4, 0.5) is 0 Å². The first-order valence-electron chi connectivity index (χ1n) is 4.67. The molecule has 2 nitrogen and oxygen atoms in total. The lowest BCUT2D eigenvalue weighted by Crippen LogP contribution is -2.09. The van der Waals surface area contributed by atoms with Gasteiger partial charge in [0, 0.05) is 17.3 Å². The highest BCUT2D eigenvalue weighted by Gasteiger charge is 2.07. The van der Waals surface area contributed by atoms with Gasteiger partial charge in [-0.1, -0.05) is 6.07 Å². The fourth-order valence-electron chi connectivity index (χ4n) is 1.40. The van der Waals surface area contributed by atoms with Gasteiger partial charge < -0.3 is 10.2 Å². The van der Waals surface area contributed by atoms with E-state index in [1.54, 1.807) is 17.6 Å². The molecule has 1 atom stereocenters. The lowest BCUT2D eigenvalue weighted by molar-refractivity contribution is 0.489. The Kier molecular flexibility index (Phi) is 3.01. The summed E-state index contributed by atoms with van der Waals surface area (Å²) in [5.41, 5.74) is 6.02. The van der Waals surface area contributed by atoms with Crippen LogP contribution in [0.5, 0.6) is 0 Å². The van der Waals surface area contributed by atoms with Gasteiger partial charge in [0.15, 0.2) is 0 Å². The quantitative estimate of drug-likeness (QED) is 0.837. The molecule has 1 unspecified atom stereocenters. The predicted octanol–water partition coefficient (Wildman–Crippen LogP) is 2.97. The van der Waals surface area contributed by atoms with Gasteiger partial charge in [0.2, 0.25) is 0 Å². The fraction of sp³-hybridized carbons (Fsp3) is 0.273. The molecule has 2 heterocycles. The molecular formula is C11H13NOS. The van der Waals surface area contributed by atoms with E-state index in [2.05, 4.69) is 11.4 Å². The summed E-state index contributed by atoms with van der Waals surface area (Å²) in [6, 6.07) is 8.15. The number of aryl methyl sites for hydroxylation is 1. The average Bonchev–Trinajstić information content (AvgIpc) is 2.87. The first kappa shape index (κ1) is 9.49. The molecule has 3 heteroatoms. The number of thiophene rings is 1. The van der Waals surface area contributed by atoms with Crippen molar-refractivity contribution in [1.82, 2.24) is 0 Å². The van der Waals surface area contributed by atoms with Crippen molar-refractivity contribution >= 4 is 11.3 Å². The molecule has 14 heavy (non-hydrogen) atoms. The number of hydrogen-bond acceptors (Lipinski definition) is 3. The molecule has 0 aliphatic rings. The maximum absolute atomic E-state index is 6.02. The SMILES string of the molecule is NC(CCc1ccco1)c1cccs1. The van der Waals surface area contributed by atoms with Crippen LogP contribution in [0.1, 0.15) is 23.1 Å². The summed E-state index contributed by atoms with van der Waals surface area (Å²) < 4.78 is 5.25. The van der Waals surface area contributed by atoms with Crippen molar-refractivity contribution < 1.29 is 4.42 Å². The van der Waals surface area contributed by atoms with Crippen LogP contribution in [-0.4, -0.2) is 0 Å². The van der Waals surface area contributed by atoms with Gasteiger partial charge in [-0.25, -0.2) is 0 Å². The lowest BCUT2D eigenvalue weighted by Gasteiger charge is -2.07. The fourth-order valence-corrected chi connectivity index (χ4v) is 2.16. The van der Waals surface area contributed by atoms with Crippen LogP contribution in [0, 0.1) is 0 Å². The van der Waals surface area contributed by atoms with E-state index in [0.29, 0.717) is 0 Å². The molecule has 2 rings (SSSR count). The van der Waals surface area contributed by atoms with Gasteiger partial charge in [0.1, 0.15) is 5.76 Å². The smallest absolute Gasteiger partial charge is 0.103 e. The third kappa shape index (κ3) is 2.25. The molecule has 0 spiro atoms. The number of furan rings is 1. The topological polar surface area (TPSA) is 39.2 Å². The van der Waals surface area contributed by atoms with Crippen LogP contribution in [0.15, 0.2) is 40.3 Å². The largest absolute Gasteiger partial charge is 0.469 e. The van der Waals surface area contributed by atoms with Gasteiger partial charge in [0.25, 0.3) is 0 Å². The van der Waals surface area contributed by atoms with E-state index >= 15 is 0 Å². The Morgan fingerprint density at radius 1 is 1.36 bits per heavy atom. The first-order valence-corrected chi connectivity index (χ1v) is 5.55. The van der Waals surface area contributed by atoms with E-state index in [1.807, 2.05) is 18.2 Å². The van der Waals surface area contributed by atoms with Crippen molar-refractivity contribution in [2.45, 2.75) is 18.9 Å². The van der Waals surface area contributed by atoms with E-state index in [-0.39, 0.29) is 6.04 Å². The Morgan fingerprint density at radius 2 is 2.29 bits per heavy atom. The minimum Gasteiger partial charge on any atom is -0.469 e. The molecule has 0 aliphatic carbocycles. The van der Waals surface area contributed by atoms with Crippen LogP contribution in [0.2, 0.25) is 0 Å². The lowest BCUT2D eigenvalue weighted by atomic mass is 10.1. The molecule has 74 valence electrons. The average molecular weight is 207 g/mol. The summed E-state index contributed by atoms with van der Waals surface area (Å²) >= 11 is 1.71. The zero-order valence-electron chi connectivity index (χ0n) is 7.85. The first-order chi connectivity index (χ1) is 6.86. The number of nitrogens with two attached hydrogens (primary N) is 1. The molecule has 2 N–H and O–H groups in total. The standard InChI is InChI=1S/C11H13NOS/c12-10(11-4-2-8-14-11)6-5-9-3-1-7-13-9/h1-4,7-8,10H,5-6,12H2. The van der Waals surface area contributed by atoms with Crippen LogP contribution in [0.25, 0.3) is 0 Å². The summed E-state index contributed by atoms with van der Waals surface area (Å²) in [5.74, 6) is 1.01. The van der Waals surface area contributed by atoms with Crippen LogP contribution in [-0.2, 0) is 6.42 Å². The monoisotopic (exact) mass is 207 g/mol. The Labute approximate surface area is 87.4 Å². The van der Waals surface area contributed by atoms with Crippen molar-refractivity contribution in [3.05, 3.63) is 46.5 Å². The summed E-state index contributed by atoms with van der Waals surface area (Å²) in [4.78, 5) is 1.25. The molecule has 0 bridgehead atoms. The Morgan fingerprint density at radius 3 is 2.93 bits per heavy atom. The van der Waals surface area contributed by atoms with E-state index in [9.17, 15) is 0 Å². The second kappa shape index (κ2) is 4.44. The molecule has 0 aliphatic heterocycles. The highest BCUT2D eigenvalue weighted by molar-refractivity contribution is 7.10. The van der Waals surface area contributed by atoms with Crippen molar-refractivity contribution in [1.29, 1.82) is 0 Å². The van der Waals surface area contributed by atoms with Gasteiger partial charge in [-0.2, -0.15) is 0 Å². The van der Waals surface area contributed by atoms with Crippen molar-refractivity contribution in [2.24, 2.45) is 5.73 Å². The van der Waals surface area contributed by atoms with Gasteiger partial charge in [-0.15, -0.1) is 11.3 Å². The summed E-state index contributed by atoms with van der Waals surface area (Å²) in [7, 11) is 0. The van der Waals surface area contributed by atoms with Crippen LogP contribution >= 0.6 is 11.3 Å². The maximum atomic E-state index is 6.02. The minimum atomic E-state index is 0.139. The predicted molar refractivity (Wildman–Crippen MR) is 58.3 cm³/mol.